The lowest BCUT2D eigenvalue weighted by molar-refractivity contribution is -0.920. The lowest BCUT2D eigenvalue weighted by Crippen LogP contribution is -3.17. The predicted molar refractivity (Wildman–Crippen MR) is 73.8 cm³/mol. The highest BCUT2D eigenvalue weighted by Gasteiger charge is 2.24. The van der Waals surface area contributed by atoms with E-state index in [4.69, 9.17) is 0 Å². The average Bonchev–Trinajstić information content (AvgIpc) is 2.35. The molecule has 1 saturated heterocycles. The quantitative estimate of drug-likeness (QED) is 0.831. The first kappa shape index (κ1) is 13.1. The molecule has 0 aromatic heterocycles. The van der Waals surface area contributed by atoms with Crippen molar-refractivity contribution in [2.45, 2.75) is 39.2 Å². The third-order valence-corrected chi connectivity index (χ3v) is 3.89. The molecule has 1 heterocycles. The maximum atomic E-state index is 12.0. The fourth-order valence-electron chi connectivity index (χ4n) is 2.63. The number of hydrogen-bond acceptors (Lipinski definition) is 1. The van der Waals surface area contributed by atoms with Crippen LogP contribution in [0.25, 0.3) is 0 Å². The summed E-state index contributed by atoms with van der Waals surface area (Å²) in [7, 11) is 0. The second-order valence-corrected chi connectivity index (χ2v) is 5.34. The van der Waals surface area contributed by atoms with Crippen LogP contribution in [0.4, 0.5) is 5.69 Å². The van der Waals surface area contributed by atoms with Crippen LogP contribution in [0.15, 0.2) is 24.3 Å². The number of piperidine rings is 1. The van der Waals surface area contributed by atoms with Crippen molar-refractivity contribution in [2.75, 3.05) is 18.4 Å². The number of rotatable bonds is 3. The van der Waals surface area contributed by atoms with E-state index in [1.54, 1.807) is 0 Å². The van der Waals surface area contributed by atoms with E-state index in [0.717, 1.165) is 17.8 Å². The zero-order chi connectivity index (χ0) is 13.0. The predicted octanol–water partition coefficient (Wildman–Crippen LogP) is 1.39. The van der Waals surface area contributed by atoms with Crippen molar-refractivity contribution in [2.24, 2.45) is 0 Å². The summed E-state index contributed by atoms with van der Waals surface area (Å²) in [6, 6.07) is 8.54. The van der Waals surface area contributed by atoms with Crippen molar-refractivity contribution in [3.8, 4) is 0 Å². The van der Waals surface area contributed by atoms with Crippen LogP contribution in [0, 0.1) is 6.92 Å². The van der Waals surface area contributed by atoms with Crippen molar-refractivity contribution < 1.29 is 9.69 Å². The fourth-order valence-corrected chi connectivity index (χ4v) is 2.63. The molecule has 18 heavy (non-hydrogen) atoms. The van der Waals surface area contributed by atoms with Crippen molar-refractivity contribution in [3.05, 3.63) is 29.8 Å². The van der Waals surface area contributed by atoms with E-state index in [9.17, 15) is 4.79 Å². The molecule has 2 rings (SSSR count). The average molecular weight is 247 g/mol. The van der Waals surface area contributed by atoms with Crippen LogP contribution in [-0.2, 0) is 4.79 Å². The van der Waals surface area contributed by atoms with Gasteiger partial charge in [0.2, 0.25) is 0 Å². The molecule has 1 unspecified atom stereocenters. The normalized spacial score (nSPS) is 23.7. The summed E-state index contributed by atoms with van der Waals surface area (Å²) in [4.78, 5) is 13.5. The van der Waals surface area contributed by atoms with Crippen molar-refractivity contribution >= 4 is 11.6 Å². The van der Waals surface area contributed by atoms with Gasteiger partial charge in [0.05, 0.1) is 12.6 Å². The Morgan fingerprint density at radius 3 is 2.89 bits per heavy atom. The van der Waals surface area contributed by atoms with Gasteiger partial charge in [0, 0.05) is 5.69 Å². The molecule has 0 spiro atoms. The smallest absolute Gasteiger partial charge is 0.279 e. The number of carbonyl (C=O) groups excluding carboxylic acids is 1. The molecule has 2 atom stereocenters. The van der Waals surface area contributed by atoms with Crippen LogP contribution < -0.4 is 10.2 Å². The second-order valence-electron chi connectivity index (χ2n) is 5.34. The summed E-state index contributed by atoms with van der Waals surface area (Å²) >= 11 is 0. The Morgan fingerprint density at radius 1 is 1.39 bits per heavy atom. The van der Waals surface area contributed by atoms with Crippen LogP contribution in [0.5, 0.6) is 0 Å². The highest BCUT2D eigenvalue weighted by atomic mass is 16.2. The number of hydrogen-bond donors (Lipinski definition) is 2. The van der Waals surface area contributed by atoms with Crippen LogP contribution in [0.1, 0.15) is 31.7 Å². The lowest BCUT2D eigenvalue weighted by atomic mass is 10.0. The summed E-state index contributed by atoms with van der Waals surface area (Å²) < 4.78 is 0. The van der Waals surface area contributed by atoms with Crippen LogP contribution in [0.2, 0.25) is 0 Å². The third kappa shape index (κ3) is 3.33. The van der Waals surface area contributed by atoms with Gasteiger partial charge in [-0.15, -0.1) is 0 Å². The Hall–Kier alpha value is -1.35. The fraction of sp³-hybridized carbons (Fsp3) is 0.533. The van der Waals surface area contributed by atoms with Gasteiger partial charge in [0.15, 0.2) is 6.54 Å². The molecule has 1 aromatic carbocycles. The molecule has 0 radical (unpaired) electrons. The first-order valence-corrected chi connectivity index (χ1v) is 6.87. The summed E-state index contributed by atoms with van der Waals surface area (Å²) in [6.45, 7) is 5.99. The first-order chi connectivity index (χ1) is 8.66. The summed E-state index contributed by atoms with van der Waals surface area (Å²) in [6.07, 6.45) is 3.80. The number of likely N-dealkylation sites (tertiary alicyclic amines) is 1. The minimum Gasteiger partial charge on any atom is -0.325 e. The molecule has 1 aromatic rings. The molecule has 2 N–H and O–H groups in total. The Labute approximate surface area is 109 Å². The van der Waals surface area contributed by atoms with E-state index in [0.29, 0.717) is 12.6 Å². The van der Waals surface area contributed by atoms with Crippen molar-refractivity contribution in [1.29, 1.82) is 0 Å². The van der Waals surface area contributed by atoms with Gasteiger partial charge in [0.25, 0.3) is 5.91 Å². The van der Waals surface area contributed by atoms with Gasteiger partial charge in [-0.2, -0.15) is 0 Å². The van der Waals surface area contributed by atoms with Gasteiger partial charge < -0.3 is 10.2 Å². The van der Waals surface area contributed by atoms with Crippen molar-refractivity contribution in [1.82, 2.24) is 0 Å². The SMILES string of the molecule is Cc1ccccc1NC(=O)C[NH+]1CCCC[C@@H]1C. The van der Waals surface area contributed by atoms with E-state index in [1.165, 1.54) is 24.2 Å². The van der Waals surface area contributed by atoms with E-state index in [-0.39, 0.29) is 5.91 Å². The molecule has 1 amide bonds. The number of aryl methyl sites for hydroxylation is 1. The number of para-hydroxylation sites is 1. The number of quaternary nitrogens is 1. The van der Waals surface area contributed by atoms with Gasteiger partial charge in [-0.05, 0) is 44.7 Å². The Balaban J connectivity index is 1.90. The molecular weight excluding hydrogens is 224 g/mol. The van der Waals surface area contributed by atoms with Crippen LogP contribution in [0.3, 0.4) is 0 Å². The summed E-state index contributed by atoms with van der Waals surface area (Å²) in [5.74, 6) is 0.132. The van der Waals surface area contributed by atoms with E-state index >= 15 is 0 Å². The molecule has 0 saturated carbocycles. The molecule has 98 valence electrons. The number of amides is 1. The highest BCUT2D eigenvalue weighted by Crippen LogP contribution is 2.12. The van der Waals surface area contributed by atoms with E-state index < -0.39 is 0 Å². The molecule has 1 aliphatic rings. The summed E-state index contributed by atoms with van der Waals surface area (Å²) in [5, 5.41) is 3.02. The minimum absolute atomic E-state index is 0.132. The maximum absolute atomic E-state index is 12.0. The number of benzene rings is 1. The van der Waals surface area contributed by atoms with Gasteiger partial charge in [-0.1, -0.05) is 18.2 Å². The van der Waals surface area contributed by atoms with Gasteiger partial charge >= 0.3 is 0 Å². The van der Waals surface area contributed by atoms with E-state index in [1.807, 2.05) is 31.2 Å². The summed E-state index contributed by atoms with van der Waals surface area (Å²) in [5.41, 5.74) is 2.05. The number of carbonyl (C=O) groups is 1. The van der Waals surface area contributed by atoms with Crippen LogP contribution >= 0.6 is 0 Å². The van der Waals surface area contributed by atoms with E-state index in [2.05, 4.69) is 12.2 Å². The molecule has 1 aliphatic heterocycles. The molecule has 1 fully saturated rings. The molecule has 3 nitrogen and oxygen atoms in total. The molecule has 0 aliphatic carbocycles. The number of nitrogens with one attached hydrogen (secondary N) is 2. The highest BCUT2D eigenvalue weighted by molar-refractivity contribution is 5.92. The first-order valence-electron chi connectivity index (χ1n) is 6.87. The zero-order valence-corrected chi connectivity index (χ0v) is 11.3. The maximum Gasteiger partial charge on any atom is 0.279 e. The standard InChI is InChI=1S/C15H22N2O/c1-12-7-3-4-9-14(12)16-15(18)11-17-10-6-5-8-13(17)2/h3-4,7,9,13H,5-6,8,10-11H2,1-2H3,(H,16,18)/p+1/t13-/m0/s1. The van der Waals surface area contributed by atoms with Crippen LogP contribution in [-0.4, -0.2) is 25.0 Å². The molecule has 0 bridgehead atoms. The van der Waals surface area contributed by atoms with Crippen molar-refractivity contribution in [3.63, 3.8) is 0 Å². The van der Waals surface area contributed by atoms with Gasteiger partial charge in [0.1, 0.15) is 0 Å². The lowest BCUT2D eigenvalue weighted by Gasteiger charge is -2.29. The largest absolute Gasteiger partial charge is 0.325 e. The van der Waals surface area contributed by atoms with Gasteiger partial charge in [-0.25, -0.2) is 0 Å². The Bertz CT molecular complexity index is 417. The molecular formula is C15H23N2O+. The third-order valence-electron chi connectivity index (χ3n) is 3.89. The molecule has 3 heteroatoms. The minimum atomic E-state index is 0.132. The number of anilines is 1. The Kier molecular flexibility index (Phi) is 4.37. The Morgan fingerprint density at radius 2 is 2.17 bits per heavy atom. The topological polar surface area (TPSA) is 33.5 Å². The van der Waals surface area contributed by atoms with Gasteiger partial charge in [-0.3, -0.25) is 4.79 Å². The second kappa shape index (κ2) is 6.01. The monoisotopic (exact) mass is 247 g/mol. The zero-order valence-electron chi connectivity index (χ0n) is 11.3.